The van der Waals surface area contributed by atoms with Crippen LogP contribution in [0.2, 0.25) is 0 Å². The van der Waals surface area contributed by atoms with Crippen LogP contribution in [0.4, 0.5) is 0 Å². The summed E-state index contributed by atoms with van der Waals surface area (Å²) in [7, 11) is 0. The standard InChI is InChI=1S/C62H95N19O14S2/c63-22-6-4-17-40(65)51(85)74-41(18-5-7-23-64)52(86)75-42(19-8-24-70-61(66)67)58(92)81-34-37(83)30-49(81)59(93)80-26-10-21-48(80)57(91)72-33-50(84)73-45(31-38-15-11-27-96-38)54(88)79-47(35-82)56(90)77-44(29-36-13-2-1-3-14-36)53(87)78-46(32-39-16-12-28-97-39)55(89)76-43(60(94)95)20-9-25-71-62(68)69/h1-3,11-16,27-28,37,40-49,82-83H,4-10,17-26,29-35,63-65H2,(H,72,91)(H,73,84)(H,74,85)(H,75,86)(H,76,89)(H,77,90)(H,78,87)(H,79,88)(H,94,95)(H4,66,67,70)(H4,68,69,71)/t37-,40+,41+,42+,43+,44-,45+,46+,47+,48+,49+/m1/s1. The van der Waals surface area contributed by atoms with Gasteiger partial charge in [0.25, 0.3) is 0 Å². The third-order valence-electron chi connectivity index (χ3n) is 16.1. The number of hydrogen-bond donors (Lipinski definition) is 18. The Balaban J connectivity index is 1.27. The number of aliphatic hydroxyl groups is 2. The van der Waals surface area contributed by atoms with E-state index in [2.05, 4.69) is 52.5 Å². The zero-order valence-electron chi connectivity index (χ0n) is 54.2. The van der Waals surface area contributed by atoms with E-state index >= 15 is 0 Å². The number of likely N-dealkylation sites (tertiary alicyclic amines) is 2. The number of thiophene rings is 2. The Bertz CT molecular complexity index is 3120. The molecular weight excluding hydrogens is 1300 g/mol. The molecule has 5 rings (SSSR count). The molecule has 10 amide bonds. The van der Waals surface area contributed by atoms with Crippen molar-refractivity contribution in [2.24, 2.45) is 50.1 Å². The Morgan fingerprint density at radius 1 is 0.557 bits per heavy atom. The second-order valence-electron chi connectivity index (χ2n) is 23.6. The summed E-state index contributed by atoms with van der Waals surface area (Å²) in [6, 6.07) is 2.10. The van der Waals surface area contributed by atoms with E-state index in [0.29, 0.717) is 66.9 Å². The van der Waals surface area contributed by atoms with Crippen molar-refractivity contribution in [3.8, 4) is 0 Å². The average Bonchev–Trinajstić information content (AvgIpc) is 1.78. The number of rotatable bonds is 42. The van der Waals surface area contributed by atoms with E-state index in [1.165, 1.54) is 27.6 Å². The highest BCUT2D eigenvalue weighted by atomic mass is 32.1. The van der Waals surface area contributed by atoms with Gasteiger partial charge in [-0.25, -0.2) is 4.79 Å². The molecule has 534 valence electrons. The number of aliphatic imine (C=N–C) groups is 2. The zero-order chi connectivity index (χ0) is 71.0. The number of benzene rings is 1. The van der Waals surface area contributed by atoms with E-state index in [0.717, 1.165) is 4.90 Å². The molecule has 0 saturated carbocycles. The fourth-order valence-corrected chi connectivity index (χ4v) is 12.5. The Hall–Kier alpha value is -8.87. The fourth-order valence-electron chi connectivity index (χ4n) is 11.0. The molecule has 2 fully saturated rings. The summed E-state index contributed by atoms with van der Waals surface area (Å²) in [5.41, 5.74) is 39.9. The smallest absolute Gasteiger partial charge is 0.326 e. The van der Waals surface area contributed by atoms with Gasteiger partial charge in [-0.1, -0.05) is 48.9 Å². The van der Waals surface area contributed by atoms with Crippen LogP contribution in [-0.4, -0.2) is 221 Å². The lowest BCUT2D eigenvalue weighted by Gasteiger charge is -2.33. The summed E-state index contributed by atoms with van der Waals surface area (Å²) < 4.78 is 0. The van der Waals surface area contributed by atoms with Gasteiger partial charge in [0, 0.05) is 61.6 Å². The van der Waals surface area contributed by atoms with Gasteiger partial charge in [0.15, 0.2) is 11.9 Å². The van der Waals surface area contributed by atoms with E-state index in [1.54, 1.807) is 65.4 Å². The summed E-state index contributed by atoms with van der Waals surface area (Å²) in [5.74, 6) is -9.80. The number of carboxylic acids is 1. The molecule has 0 aliphatic carbocycles. The van der Waals surface area contributed by atoms with Crippen LogP contribution < -0.4 is 82.7 Å². The second kappa shape index (κ2) is 41.3. The lowest BCUT2D eigenvalue weighted by molar-refractivity contribution is -0.148. The molecule has 4 heterocycles. The number of nitrogens with one attached hydrogen (secondary N) is 8. The molecule has 2 saturated heterocycles. The minimum atomic E-state index is -1.73. The Kier molecular flexibility index (Phi) is 33.5. The van der Waals surface area contributed by atoms with E-state index in [9.17, 15) is 68.1 Å². The fraction of sp³-hybridized carbons (Fsp3) is 0.565. The Labute approximate surface area is 570 Å². The summed E-state index contributed by atoms with van der Waals surface area (Å²) >= 11 is 2.53. The van der Waals surface area contributed by atoms with Crippen molar-refractivity contribution in [1.82, 2.24) is 52.3 Å². The average molecular weight is 1390 g/mol. The van der Waals surface area contributed by atoms with E-state index in [1.807, 2.05) is 0 Å². The number of nitrogens with zero attached hydrogens (tertiary/aromatic N) is 4. The van der Waals surface area contributed by atoms with Gasteiger partial charge in [0.2, 0.25) is 59.1 Å². The SMILES string of the molecule is NCCCC[C@H](NC(=O)[C@@H](N)CCCCN)C(=O)N[C@@H](CCCN=C(N)N)C(=O)N1C[C@H](O)C[C@H]1C(=O)N1CCC[C@H]1C(=O)NCC(=O)N[C@@H](Cc1cccs1)C(=O)N[C@@H](CO)C(=O)N[C@H](Cc1ccccc1)C(=O)N[C@@H](Cc1cccs1)C(=O)N[C@@H](CCCN=C(N)N)C(=O)O. The maximum Gasteiger partial charge on any atom is 0.326 e. The number of carbonyl (C=O) groups is 11. The molecule has 0 spiro atoms. The number of unbranched alkanes of at least 4 members (excludes halogenated alkanes) is 2. The van der Waals surface area contributed by atoms with Gasteiger partial charge in [0.05, 0.1) is 25.3 Å². The zero-order valence-corrected chi connectivity index (χ0v) is 55.8. The normalized spacial score (nSPS) is 17.5. The van der Waals surface area contributed by atoms with Crippen LogP contribution in [0, 0.1) is 0 Å². The second-order valence-corrected chi connectivity index (χ2v) is 25.7. The maximum absolute atomic E-state index is 14.7. The third-order valence-corrected chi connectivity index (χ3v) is 17.9. The molecule has 35 heteroatoms. The van der Waals surface area contributed by atoms with Gasteiger partial charge in [-0.3, -0.25) is 57.9 Å². The highest BCUT2D eigenvalue weighted by Gasteiger charge is 2.46. The lowest BCUT2D eigenvalue weighted by Crippen LogP contribution is -2.60. The number of guanidine groups is 2. The van der Waals surface area contributed by atoms with Crippen LogP contribution in [0.5, 0.6) is 0 Å². The van der Waals surface area contributed by atoms with Crippen molar-refractivity contribution in [3.63, 3.8) is 0 Å². The largest absolute Gasteiger partial charge is 0.480 e. The van der Waals surface area contributed by atoms with Crippen molar-refractivity contribution in [2.45, 2.75) is 169 Å². The molecule has 11 atom stereocenters. The number of carboxylic acid groups (broad SMARTS) is 1. The summed E-state index contributed by atoms with van der Waals surface area (Å²) in [6.45, 7) is -1.09. The van der Waals surface area contributed by atoms with Crippen molar-refractivity contribution in [3.05, 3.63) is 80.7 Å². The van der Waals surface area contributed by atoms with Gasteiger partial charge in [-0.2, -0.15) is 0 Å². The number of nitrogens with two attached hydrogens (primary N) is 7. The first kappa shape index (κ1) is 78.8. The molecule has 97 heavy (non-hydrogen) atoms. The van der Waals surface area contributed by atoms with Crippen molar-refractivity contribution in [1.29, 1.82) is 0 Å². The first-order valence-corrected chi connectivity index (χ1v) is 34.1. The molecule has 0 unspecified atom stereocenters. The first-order valence-electron chi connectivity index (χ1n) is 32.3. The summed E-state index contributed by atoms with van der Waals surface area (Å²) in [6.07, 6.45) is 1.64. The van der Waals surface area contributed by atoms with E-state index in [-0.39, 0.29) is 102 Å². The minimum Gasteiger partial charge on any atom is -0.480 e. The van der Waals surface area contributed by atoms with Crippen LogP contribution >= 0.6 is 22.7 Å². The number of carbonyl (C=O) groups excluding carboxylic acids is 10. The predicted molar refractivity (Wildman–Crippen MR) is 362 cm³/mol. The molecule has 0 radical (unpaired) electrons. The van der Waals surface area contributed by atoms with E-state index in [4.69, 9.17) is 40.1 Å². The summed E-state index contributed by atoms with van der Waals surface area (Å²) in [4.78, 5) is 165. The molecule has 2 aromatic heterocycles. The van der Waals surface area contributed by atoms with Gasteiger partial charge in [-0.05, 0) is 112 Å². The van der Waals surface area contributed by atoms with Crippen molar-refractivity contribution >= 4 is 99.6 Å². The van der Waals surface area contributed by atoms with Crippen LogP contribution in [0.15, 0.2) is 75.3 Å². The highest BCUT2D eigenvalue weighted by molar-refractivity contribution is 7.10. The number of hydrogen-bond acceptors (Lipinski definition) is 20. The molecule has 0 bridgehead atoms. The van der Waals surface area contributed by atoms with E-state index < -0.39 is 145 Å². The molecule has 25 N–H and O–H groups in total. The number of β-amino-alcohol motifs (C(OH)–C–C–N with tert-alkyl or cyclic N) is 1. The third kappa shape index (κ3) is 26.6. The Morgan fingerprint density at radius 3 is 1.60 bits per heavy atom. The van der Waals surface area contributed by atoms with Gasteiger partial charge >= 0.3 is 5.97 Å². The van der Waals surface area contributed by atoms with Crippen molar-refractivity contribution in [2.75, 3.05) is 52.4 Å². The molecule has 1 aromatic carbocycles. The monoisotopic (exact) mass is 1390 g/mol. The quantitative estimate of drug-likeness (QED) is 0.0144. The number of aliphatic carboxylic acids is 1. The predicted octanol–water partition coefficient (Wildman–Crippen LogP) is -4.93. The summed E-state index contributed by atoms with van der Waals surface area (Å²) in [5, 5.41) is 55.8. The highest BCUT2D eigenvalue weighted by Crippen LogP contribution is 2.27. The number of amides is 10. The molecule has 3 aromatic rings. The van der Waals surface area contributed by atoms with Gasteiger partial charge < -0.3 is 108 Å². The van der Waals surface area contributed by atoms with Crippen LogP contribution in [0.25, 0.3) is 0 Å². The molecule has 2 aliphatic rings. The van der Waals surface area contributed by atoms with Crippen LogP contribution in [0.3, 0.4) is 0 Å². The van der Waals surface area contributed by atoms with Gasteiger partial charge in [-0.15, -0.1) is 22.7 Å². The molecular formula is C62H95N19O14S2. The van der Waals surface area contributed by atoms with Crippen molar-refractivity contribution < 1.29 is 68.1 Å². The maximum atomic E-state index is 14.7. The topological polar surface area (TPSA) is 558 Å². The Morgan fingerprint density at radius 2 is 1.05 bits per heavy atom. The minimum absolute atomic E-state index is 0.0361. The molecule has 2 aliphatic heterocycles. The number of aliphatic hydroxyl groups excluding tert-OH is 2. The molecule has 33 nitrogen and oxygen atoms in total. The van der Waals surface area contributed by atoms with Crippen LogP contribution in [-0.2, 0) is 72.0 Å². The first-order chi connectivity index (χ1) is 46.4. The van der Waals surface area contributed by atoms with Crippen LogP contribution in [0.1, 0.15) is 98.8 Å². The lowest BCUT2D eigenvalue weighted by atomic mass is 10.0. The van der Waals surface area contributed by atoms with Gasteiger partial charge in [0.1, 0.15) is 54.4 Å².